The second-order valence-corrected chi connectivity index (χ2v) is 8.84. The zero-order valence-electron chi connectivity index (χ0n) is 18.9. The SMILES string of the molecule is CC(C)C#Cc1ccc2c(c1)CCn1c-2c(C(C)C)c(OC[C@@H]2COCCO2)cc1=O. The average molecular weight is 422 g/mol. The predicted octanol–water partition coefficient (Wildman–Crippen LogP) is 4.00. The molecule has 2 aliphatic rings. The molecule has 1 saturated heterocycles. The summed E-state index contributed by atoms with van der Waals surface area (Å²) in [5.74, 6) is 7.69. The molecule has 164 valence electrons. The molecule has 0 N–H and O–H groups in total. The van der Waals surface area contributed by atoms with Gasteiger partial charge >= 0.3 is 0 Å². The van der Waals surface area contributed by atoms with Crippen LogP contribution in [-0.2, 0) is 22.4 Å². The molecule has 0 aliphatic carbocycles. The molecule has 0 unspecified atom stereocenters. The Morgan fingerprint density at radius 3 is 2.74 bits per heavy atom. The van der Waals surface area contributed by atoms with Crippen LogP contribution in [0.25, 0.3) is 11.3 Å². The van der Waals surface area contributed by atoms with Crippen LogP contribution in [0.1, 0.15) is 50.3 Å². The average Bonchev–Trinajstić information content (AvgIpc) is 2.76. The molecule has 3 heterocycles. The monoisotopic (exact) mass is 421 g/mol. The van der Waals surface area contributed by atoms with Crippen molar-refractivity contribution in [1.82, 2.24) is 4.57 Å². The van der Waals surface area contributed by atoms with Gasteiger partial charge in [-0.25, -0.2) is 0 Å². The molecule has 1 fully saturated rings. The van der Waals surface area contributed by atoms with Gasteiger partial charge in [0.05, 0.1) is 25.5 Å². The topological polar surface area (TPSA) is 49.7 Å². The van der Waals surface area contributed by atoms with Gasteiger partial charge in [0, 0.05) is 35.2 Å². The molecule has 0 radical (unpaired) electrons. The maximum atomic E-state index is 13.0. The molecule has 4 rings (SSSR count). The Bertz CT molecular complexity index is 1070. The molecule has 0 bridgehead atoms. The fourth-order valence-electron chi connectivity index (χ4n) is 4.21. The van der Waals surface area contributed by atoms with Gasteiger partial charge in [0.15, 0.2) is 0 Å². The van der Waals surface area contributed by atoms with Gasteiger partial charge in [-0.05, 0) is 30.0 Å². The third-order valence-corrected chi connectivity index (χ3v) is 5.67. The van der Waals surface area contributed by atoms with Gasteiger partial charge in [-0.1, -0.05) is 45.6 Å². The quantitative estimate of drug-likeness (QED) is 0.701. The Hall–Kier alpha value is -2.55. The smallest absolute Gasteiger partial charge is 0.254 e. The Morgan fingerprint density at radius 2 is 2.03 bits per heavy atom. The van der Waals surface area contributed by atoms with Crippen LogP contribution in [0.4, 0.5) is 0 Å². The predicted molar refractivity (Wildman–Crippen MR) is 122 cm³/mol. The van der Waals surface area contributed by atoms with E-state index in [4.69, 9.17) is 14.2 Å². The van der Waals surface area contributed by atoms with Gasteiger partial charge in [-0.2, -0.15) is 0 Å². The lowest BCUT2D eigenvalue weighted by Crippen LogP contribution is -2.34. The zero-order valence-corrected chi connectivity index (χ0v) is 18.9. The first-order chi connectivity index (χ1) is 14.9. The van der Waals surface area contributed by atoms with Gasteiger partial charge in [0.1, 0.15) is 18.5 Å². The number of hydrogen-bond acceptors (Lipinski definition) is 4. The summed E-state index contributed by atoms with van der Waals surface area (Å²) in [6, 6.07) is 7.97. The van der Waals surface area contributed by atoms with E-state index in [1.54, 1.807) is 6.07 Å². The van der Waals surface area contributed by atoms with Crippen LogP contribution in [0.3, 0.4) is 0 Å². The summed E-state index contributed by atoms with van der Waals surface area (Å²) in [5, 5.41) is 0. The van der Waals surface area contributed by atoms with E-state index in [2.05, 4.69) is 57.7 Å². The first-order valence-electron chi connectivity index (χ1n) is 11.2. The lowest BCUT2D eigenvalue weighted by atomic mass is 9.89. The lowest BCUT2D eigenvalue weighted by Gasteiger charge is -2.29. The Morgan fingerprint density at radius 1 is 1.19 bits per heavy atom. The van der Waals surface area contributed by atoms with Crippen LogP contribution in [0.15, 0.2) is 29.1 Å². The minimum Gasteiger partial charge on any atom is -0.490 e. The van der Waals surface area contributed by atoms with Crippen molar-refractivity contribution in [3.8, 4) is 28.8 Å². The molecule has 5 nitrogen and oxygen atoms in total. The van der Waals surface area contributed by atoms with E-state index in [1.807, 2.05) is 4.57 Å². The third kappa shape index (κ3) is 4.71. The van der Waals surface area contributed by atoms with Crippen molar-refractivity contribution in [2.45, 2.75) is 52.7 Å². The van der Waals surface area contributed by atoms with Crippen molar-refractivity contribution >= 4 is 0 Å². The van der Waals surface area contributed by atoms with E-state index < -0.39 is 0 Å². The van der Waals surface area contributed by atoms with Crippen LogP contribution >= 0.6 is 0 Å². The van der Waals surface area contributed by atoms with E-state index in [0.717, 1.165) is 28.8 Å². The van der Waals surface area contributed by atoms with E-state index in [-0.39, 0.29) is 17.6 Å². The second-order valence-electron chi connectivity index (χ2n) is 8.84. The summed E-state index contributed by atoms with van der Waals surface area (Å²) < 4.78 is 19.2. The number of benzene rings is 1. The number of nitrogens with zero attached hydrogens (tertiary/aromatic N) is 1. The normalized spacial score (nSPS) is 17.7. The number of fused-ring (bicyclic) bond motifs is 3. The molecule has 5 heteroatoms. The second kappa shape index (κ2) is 9.30. The van der Waals surface area contributed by atoms with Crippen LogP contribution in [0.5, 0.6) is 5.75 Å². The number of aromatic nitrogens is 1. The summed E-state index contributed by atoms with van der Waals surface area (Å²) >= 11 is 0. The maximum Gasteiger partial charge on any atom is 0.254 e. The highest BCUT2D eigenvalue weighted by atomic mass is 16.6. The largest absolute Gasteiger partial charge is 0.490 e. The Kier molecular flexibility index (Phi) is 6.50. The van der Waals surface area contributed by atoms with E-state index in [1.165, 1.54) is 5.56 Å². The molecule has 0 spiro atoms. The molecule has 2 aliphatic heterocycles. The number of hydrogen-bond donors (Lipinski definition) is 0. The van der Waals surface area contributed by atoms with Crippen molar-refractivity contribution in [3.63, 3.8) is 0 Å². The molecule has 1 aromatic carbocycles. The molecule has 0 saturated carbocycles. The summed E-state index contributed by atoms with van der Waals surface area (Å²) in [4.78, 5) is 13.0. The summed E-state index contributed by atoms with van der Waals surface area (Å²) in [7, 11) is 0. The van der Waals surface area contributed by atoms with Gasteiger partial charge in [0.25, 0.3) is 5.56 Å². The number of ether oxygens (including phenoxy) is 3. The highest BCUT2D eigenvalue weighted by Gasteiger charge is 2.26. The van der Waals surface area contributed by atoms with E-state index >= 15 is 0 Å². The first-order valence-corrected chi connectivity index (χ1v) is 11.2. The number of rotatable bonds is 4. The molecule has 2 aromatic rings. The van der Waals surface area contributed by atoms with Gasteiger partial charge in [0.2, 0.25) is 0 Å². The molecule has 31 heavy (non-hydrogen) atoms. The standard InChI is InChI=1S/C26H31NO4/c1-17(2)5-6-19-7-8-22-20(13-19)9-10-27-24(28)14-23(25(18(3)4)26(22)27)31-16-21-15-29-11-12-30-21/h7-8,13-14,17-18,21H,9-12,15-16H2,1-4H3/t21-/m0/s1. The molecule has 0 amide bonds. The van der Waals surface area contributed by atoms with Crippen molar-refractivity contribution in [2.75, 3.05) is 26.4 Å². The van der Waals surface area contributed by atoms with Crippen LogP contribution < -0.4 is 10.3 Å². The van der Waals surface area contributed by atoms with Crippen LogP contribution in [-0.4, -0.2) is 37.1 Å². The van der Waals surface area contributed by atoms with E-state index in [9.17, 15) is 4.79 Å². The minimum absolute atomic E-state index is 0.0236. The molecular weight excluding hydrogens is 390 g/mol. The first kappa shape index (κ1) is 21.7. The van der Waals surface area contributed by atoms with Crippen LogP contribution in [0.2, 0.25) is 0 Å². The van der Waals surface area contributed by atoms with Crippen molar-refractivity contribution in [3.05, 3.63) is 51.3 Å². The van der Waals surface area contributed by atoms with Gasteiger partial charge in [-0.3, -0.25) is 4.79 Å². The zero-order chi connectivity index (χ0) is 22.0. The number of pyridine rings is 1. The highest BCUT2D eigenvalue weighted by Crippen LogP contribution is 2.39. The Balaban J connectivity index is 1.74. The lowest BCUT2D eigenvalue weighted by molar-refractivity contribution is -0.101. The summed E-state index contributed by atoms with van der Waals surface area (Å²) in [6.07, 6.45) is 0.715. The fraction of sp³-hybridized carbons (Fsp3) is 0.500. The Labute approximate surface area is 184 Å². The third-order valence-electron chi connectivity index (χ3n) is 5.67. The molecule has 1 atom stereocenters. The summed E-state index contributed by atoms with van der Waals surface area (Å²) in [6.45, 7) is 11.2. The van der Waals surface area contributed by atoms with Gasteiger partial charge < -0.3 is 18.8 Å². The van der Waals surface area contributed by atoms with Gasteiger partial charge in [-0.15, -0.1) is 0 Å². The number of aryl methyl sites for hydroxylation is 1. The minimum atomic E-state index is -0.109. The molecule has 1 aromatic heterocycles. The fourth-order valence-corrected chi connectivity index (χ4v) is 4.21. The van der Waals surface area contributed by atoms with Crippen molar-refractivity contribution < 1.29 is 14.2 Å². The van der Waals surface area contributed by atoms with Crippen molar-refractivity contribution in [1.29, 1.82) is 0 Å². The maximum absolute atomic E-state index is 13.0. The van der Waals surface area contributed by atoms with Crippen molar-refractivity contribution in [2.24, 2.45) is 5.92 Å². The van der Waals surface area contributed by atoms with Crippen LogP contribution in [0, 0.1) is 17.8 Å². The molecular formula is C26H31NO4. The summed E-state index contributed by atoms with van der Waals surface area (Å²) in [5.41, 5.74) is 5.38. The highest BCUT2D eigenvalue weighted by molar-refractivity contribution is 5.73. The van der Waals surface area contributed by atoms with E-state index in [0.29, 0.717) is 44.6 Å².